The maximum atomic E-state index is 13.8. The summed E-state index contributed by atoms with van der Waals surface area (Å²) in [6.07, 6.45) is 2.86. The fraction of sp³-hybridized carbons (Fsp3) is 0.562. The molecule has 53 heavy (non-hydrogen) atoms. The van der Waals surface area contributed by atoms with E-state index in [0.29, 0.717) is 44.2 Å². The van der Waals surface area contributed by atoms with Crippen LogP contribution in [0.15, 0.2) is 39.2 Å². The van der Waals surface area contributed by atoms with Crippen molar-refractivity contribution in [3.8, 4) is 0 Å². The van der Waals surface area contributed by atoms with Gasteiger partial charge in [0.2, 0.25) is 23.6 Å². The molecule has 0 saturated carbocycles. The number of benzene rings is 1. The van der Waals surface area contributed by atoms with E-state index in [2.05, 4.69) is 36.2 Å². The molecule has 296 valence electrons. The van der Waals surface area contributed by atoms with Gasteiger partial charge in [-0.05, 0) is 69.9 Å². The van der Waals surface area contributed by atoms with E-state index in [1.807, 2.05) is 0 Å². The van der Waals surface area contributed by atoms with E-state index in [4.69, 9.17) is 57.0 Å². The Morgan fingerprint density at radius 2 is 1.00 bits per heavy atom. The van der Waals surface area contributed by atoms with Gasteiger partial charge in [-0.15, -0.1) is 0 Å². The third kappa shape index (κ3) is 20.1. The first kappa shape index (κ1) is 45.3. The van der Waals surface area contributed by atoms with Crippen LogP contribution in [0.2, 0.25) is 0 Å². The Kier molecular flexibility index (Phi) is 21.6. The Labute approximate surface area is 309 Å². The van der Waals surface area contributed by atoms with Crippen LogP contribution in [0.4, 0.5) is 0 Å². The van der Waals surface area contributed by atoms with Gasteiger partial charge < -0.3 is 72.9 Å². The van der Waals surface area contributed by atoms with Gasteiger partial charge >= 0.3 is 0 Å². The SMILES string of the molecule is N=C(N)c1ccc(CNC(=O)[C@H](CCCN=C(N)N)NC(=O)[C@H](CCCCN)NC(=O)[C@H](CCCN=C(N)N)NC(=O)[C@@H](N)CCCN=C(N)N)cc1. The Morgan fingerprint density at radius 1 is 0.585 bits per heavy atom. The molecule has 0 heterocycles. The zero-order valence-electron chi connectivity index (χ0n) is 30.2. The molecule has 0 fully saturated rings. The van der Waals surface area contributed by atoms with E-state index >= 15 is 0 Å². The van der Waals surface area contributed by atoms with E-state index < -0.39 is 47.8 Å². The molecule has 1 aromatic rings. The number of amidine groups is 1. The number of carbonyl (C=O) groups excluding carboxylic acids is 4. The summed E-state index contributed by atoms with van der Waals surface area (Å²) >= 11 is 0. The molecule has 0 saturated heterocycles. The molecule has 4 atom stereocenters. The van der Waals surface area contributed by atoms with Crippen LogP contribution in [0.3, 0.4) is 0 Å². The van der Waals surface area contributed by atoms with Gasteiger partial charge in [0, 0.05) is 31.7 Å². The molecule has 0 aliphatic carbocycles. The number of nitrogens with one attached hydrogen (secondary N) is 5. The molecule has 0 radical (unpaired) electrons. The molecule has 21 heteroatoms. The van der Waals surface area contributed by atoms with Gasteiger partial charge in [-0.3, -0.25) is 39.6 Å². The number of nitrogens with two attached hydrogens (primary N) is 9. The fourth-order valence-electron chi connectivity index (χ4n) is 4.89. The van der Waals surface area contributed by atoms with Crippen LogP contribution in [0.1, 0.15) is 68.9 Å². The average Bonchev–Trinajstić information content (AvgIpc) is 3.10. The van der Waals surface area contributed by atoms with Crippen molar-refractivity contribution in [2.24, 2.45) is 66.6 Å². The highest BCUT2D eigenvalue weighted by atomic mass is 16.2. The topological polar surface area (TPSA) is 412 Å². The minimum atomic E-state index is -1.10. The molecule has 0 aliphatic heterocycles. The van der Waals surface area contributed by atoms with Crippen LogP contribution in [0, 0.1) is 5.41 Å². The highest BCUT2D eigenvalue weighted by Gasteiger charge is 2.30. The molecule has 0 bridgehead atoms. The van der Waals surface area contributed by atoms with Crippen molar-refractivity contribution >= 4 is 47.3 Å². The van der Waals surface area contributed by atoms with Gasteiger partial charge in [-0.1, -0.05) is 24.3 Å². The summed E-state index contributed by atoms with van der Waals surface area (Å²) in [5.74, 6) is -2.75. The second-order valence-corrected chi connectivity index (χ2v) is 12.2. The molecule has 4 amide bonds. The third-order valence-corrected chi connectivity index (χ3v) is 7.77. The lowest BCUT2D eigenvalue weighted by Crippen LogP contribution is -2.57. The van der Waals surface area contributed by atoms with E-state index in [1.54, 1.807) is 24.3 Å². The first-order valence-corrected chi connectivity index (χ1v) is 17.4. The maximum absolute atomic E-state index is 13.8. The first-order valence-electron chi connectivity index (χ1n) is 17.4. The Morgan fingerprint density at radius 3 is 1.43 bits per heavy atom. The van der Waals surface area contributed by atoms with Crippen molar-refractivity contribution in [1.29, 1.82) is 5.41 Å². The summed E-state index contributed by atoms with van der Waals surface area (Å²) in [6, 6.07) is 2.58. The number of nitrogen functional groups attached to an aromatic ring is 1. The largest absolute Gasteiger partial charge is 0.384 e. The van der Waals surface area contributed by atoms with Crippen LogP contribution in [-0.4, -0.2) is 97.7 Å². The highest BCUT2D eigenvalue weighted by molar-refractivity contribution is 5.95. The molecule has 0 aromatic heterocycles. The maximum Gasteiger partial charge on any atom is 0.243 e. The number of rotatable bonds is 26. The van der Waals surface area contributed by atoms with Crippen LogP contribution in [-0.2, 0) is 25.7 Å². The number of nitrogens with zero attached hydrogens (tertiary/aromatic N) is 3. The summed E-state index contributed by atoms with van der Waals surface area (Å²) in [5, 5.41) is 18.5. The van der Waals surface area contributed by atoms with Crippen LogP contribution in [0.5, 0.6) is 0 Å². The van der Waals surface area contributed by atoms with E-state index in [0.717, 1.165) is 5.56 Å². The van der Waals surface area contributed by atoms with Crippen molar-refractivity contribution in [3.05, 3.63) is 35.4 Å². The predicted octanol–water partition coefficient (Wildman–Crippen LogP) is -4.34. The number of hydrogen-bond acceptors (Lipinski definition) is 10. The van der Waals surface area contributed by atoms with Crippen molar-refractivity contribution in [2.45, 2.75) is 88.5 Å². The normalized spacial score (nSPS) is 12.9. The molecule has 23 N–H and O–H groups in total. The Balaban J connectivity index is 3.18. The Bertz CT molecular complexity index is 1400. The van der Waals surface area contributed by atoms with E-state index in [1.165, 1.54) is 0 Å². The van der Waals surface area contributed by atoms with Gasteiger partial charge in [0.1, 0.15) is 24.0 Å². The zero-order chi connectivity index (χ0) is 39.8. The smallest absolute Gasteiger partial charge is 0.243 e. The number of hydrogen-bond donors (Lipinski definition) is 14. The lowest BCUT2D eigenvalue weighted by Gasteiger charge is -2.26. The summed E-state index contributed by atoms with van der Waals surface area (Å²) < 4.78 is 0. The lowest BCUT2D eigenvalue weighted by atomic mass is 10.0. The van der Waals surface area contributed by atoms with E-state index in [9.17, 15) is 19.2 Å². The molecular weight excluding hydrogens is 686 g/mol. The van der Waals surface area contributed by atoms with Gasteiger partial charge in [0.05, 0.1) is 6.04 Å². The zero-order valence-corrected chi connectivity index (χ0v) is 30.2. The summed E-state index contributed by atoms with van der Waals surface area (Å²) in [6.45, 7) is 1.15. The van der Waals surface area contributed by atoms with Gasteiger partial charge in [-0.25, -0.2) is 0 Å². The van der Waals surface area contributed by atoms with Crippen molar-refractivity contribution in [2.75, 3.05) is 26.2 Å². The summed E-state index contributed by atoms with van der Waals surface area (Å²) in [4.78, 5) is 65.6. The summed E-state index contributed by atoms with van der Waals surface area (Å²) in [7, 11) is 0. The standard InChI is InChI=1S/C32H59N17O4/c33-14-2-1-7-23(49-29(53)24(9-5-17-45-32(41)42)47-26(50)21(34)6-3-15-43-30(37)38)28(52)48-22(8-4-16-44-31(39)40)27(51)46-18-19-10-12-20(13-11-19)25(35)36/h10-13,21-24H,1-9,14-18,33-34H2,(H3,35,36)(H,46,51)(H,47,50)(H,48,52)(H,49,53)(H4,37,38,43)(H4,39,40,44)(H4,41,42,45)/t21-,22-,23-,24-/m0/s1. The molecule has 21 nitrogen and oxygen atoms in total. The number of amides is 4. The Hall–Kier alpha value is -5.70. The van der Waals surface area contributed by atoms with Gasteiger partial charge in [-0.2, -0.15) is 0 Å². The first-order chi connectivity index (χ1) is 25.1. The monoisotopic (exact) mass is 745 g/mol. The van der Waals surface area contributed by atoms with Gasteiger partial charge in [0.15, 0.2) is 17.9 Å². The molecular formula is C32H59N17O4. The molecule has 0 spiro atoms. The van der Waals surface area contributed by atoms with Gasteiger partial charge in [0.25, 0.3) is 0 Å². The molecule has 1 rings (SSSR count). The number of aliphatic imine (C=N–C) groups is 3. The number of guanidine groups is 3. The highest BCUT2D eigenvalue weighted by Crippen LogP contribution is 2.09. The second kappa shape index (κ2) is 25.3. The molecule has 1 aromatic carbocycles. The number of unbranched alkanes of at least 4 members (excludes halogenated alkanes) is 1. The summed E-state index contributed by atoms with van der Waals surface area (Å²) in [5.41, 5.74) is 51.0. The average molecular weight is 746 g/mol. The fourth-order valence-corrected chi connectivity index (χ4v) is 4.89. The second-order valence-electron chi connectivity index (χ2n) is 12.2. The van der Waals surface area contributed by atoms with Crippen molar-refractivity contribution in [1.82, 2.24) is 21.3 Å². The minimum absolute atomic E-state index is 0.0826. The molecule has 0 unspecified atom stereocenters. The molecule has 0 aliphatic rings. The van der Waals surface area contributed by atoms with Crippen LogP contribution >= 0.6 is 0 Å². The van der Waals surface area contributed by atoms with Crippen molar-refractivity contribution < 1.29 is 19.2 Å². The lowest BCUT2D eigenvalue weighted by molar-refractivity contribution is -0.134. The van der Waals surface area contributed by atoms with Crippen LogP contribution in [0.25, 0.3) is 0 Å². The van der Waals surface area contributed by atoms with Crippen LogP contribution < -0.4 is 72.9 Å². The van der Waals surface area contributed by atoms with E-state index in [-0.39, 0.29) is 75.6 Å². The predicted molar refractivity (Wildman–Crippen MR) is 206 cm³/mol. The number of carbonyl (C=O) groups is 4. The third-order valence-electron chi connectivity index (χ3n) is 7.77. The quantitative estimate of drug-likeness (QED) is 0.0243. The van der Waals surface area contributed by atoms with Crippen molar-refractivity contribution in [3.63, 3.8) is 0 Å². The minimum Gasteiger partial charge on any atom is -0.384 e.